The number of amides is 1. The molecule has 1 aromatic carbocycles. The van der Waals surface area contributed by atoms with E-state index in [2.05, 4.69) is 26.1 Å². The Bertz CT molecular complexity index is 1070. The lowest BCUT2D eigenvalue weighted by molar-refractivity contribution is -0.141. The van der Waals surface area contributed by atoms with Crippen LogP contribution in [0.2, 0.25) is 0 Å². The van der Waals surface area contributed by atoms with Crippen LogP contribution in [0.3, 0.4) is 0 Å². The van der Waals surface area contributed by atoms with Crippen molar-refractivity contribution in [1.82, 2.24) is 5.32 Å². The molecule has 4 aliphatic rings. The van der Waals surface area contributed by atoms with Gasteiger partial charge in [0, 0.05) is 13.0 Å². The molecular formula is C36H57ClN2O4. The number of benzene rings is 1. The topological polar surface area (TPSA) is 90.7 Å². The SMILES string of the molecule is CC(=O)OCCC[C@@H](C)[C@H]1CC[C@H]2[C@@H]3CC[C@@H]4CCCC(NC(=O)[C@H](N)COCc5ccccc5)[C@]4(C)[C@H]3CC[C@]12C.Cl. The van der Waals surface area contributed by atoms with Crippen molar-refractivity contribution in [3.8, 4) is 0 Å². The molecule has 1 aromatic rings. The lowest BCUT2D eigenvalue weighted by Crippen LogP contribution is -2.63. The van der Waals surface area contributed by atoms with Gasteiger partial charge in [-0.15, -0.1) is 12.4 Å². The van der Waals surface area contributed by atoms with Gasteiger partial charge in [0.05, 0.1) is 19.8 Å². The van der Waals surface area contributed by atoms with Crippen molar-refractivity contribution in [3.05, 3.63) is 35.9 Å². The van der Waals surface area contributed by atoms with E-state index in [1.165, 1.54) is 58.3 Å². The third kappa shape index (κ3) is 7.12. The Morgan fingerprint density at radius 1 is 1.02 bits per heavy atom. The summed E-state index contributed by atoms with van der Waals surface area (Å²) >= 11 is 0. The minimum atomic E-state index is -0.648. The summed E-state index contributed by atoms with van der Waals surface area (Å²) in [7, 11) is 0. The van der Waals surface area contributed by atoms with Crippen LogP contribution in [-0.4, -0.2) is 37.2 Å². The van der Waals surface area contributed by atoms with E-state index in [0.29, 0.717) is 36.4 Å². The Balaban J connectivity index is 0.00000423. The van der Waals surface area contributed by atoms with E-state index in [4.69, 9.17) is 15.2 Å². The highest BCUT2D eigenvalue weighted by atomic mass is 35.5. The zero-order valence-corrected chi connectivity index (χ0v) is 27.8. The molecule has 0 radical (unpaired) electrons. The quantitative estimate of drug-likeness (QED) is 0.205. The number of hydrogen-bond acceptors (Lipinski definition) is 5. The van der Waals surface area contributed by atoms with E-state index in [1.807, 2.05) is 30.3 Å². The van der Waals surface area contributed by atoms with E-state index in [1.54, 1.807) is 0 Å². The van der Waals surface area contributed by atoms with Gasteiger partial charge in [-0.25, -0.2) is 0 Å². The summed E-state index contributed by atoms with van der Waals surface area (Å²) in [5, 5.41) is 3.49. The fourth-order valence-electron chi connectivity index (χ4n) is 10.6. The van der Waals surface area contributed by atoms with Crippen molar-refractivity contribution in [2.75, 3.05) is 13.2 Å². The zero-order valence-electron chi connectivity index (χ0n) is 27.0. The van der Waals surface area contributed by atoms with E-state index < -0.39 is 6.04 Å². The molecule has 4 fully saturated rings. The summed E-state index contributed by atoms with van der Waals surface area (Å²) in [4.78, 5) is 24.6. The predicted octanol–water partition coefficient (Wildman–Crippen LogP) is 7.08. The maximum Gasteiger partial charge on any atom is 0.302 e. The van der Waals surface area contributed by atoms with Crippen LogP contribution in [0.15, 0.2) is 30.3 Å². The van der Waals surface area contributed by atoms with Crippen molar-refractivity contribution in [2.24, 2.45) is 52.1 Å². The minimum absolute atomic E-state index is 0. The van der Waals surface area contributed by atoms with Crippen LogP contribution in [0, 0.1) is 46.3 Å². The Morgan fingerprint density at radius 2 is 1.79 bits per heavy atom. The summed E-state index contributed by atoms with van der Waals surface area (Å²) in [6, 6.07) is 9.59. The molecule has 5 rings (SSSR count). The number of ether oxygens (including phenoxy) is 2. The van der Waals surface area contributed by atoms with Gasteiger partial charge in [-0.1, -0.05) is 57.5 Å². The summed E-state index contributed by atoms with van der Waals surface area (Å²) in [5.74, 6) is 4.07. The summed E-state index contributed by atoms with van der Waals surface area (Å²) < 4.78 is 11.1. The first-order chi connectivity index (χ1) is 20.1. The summed E-state index contributed by atoms with van der Waals surface area (Å²) in [6.07, 6.45) is 13.5. The predicted molar refractivity (Wildman–Crippen MR) is 174 cm³/mol. The lowest BCUT2D eigenvalue weighted by Gasteiger charge is -2.63. The van der Waals surface area contributed by atoms with Crippen molar-refractivity contribution in [2.45, 2.75) is 117 Å². The van der Waals surface area contributed by atoms with Gasteiger partial charge in [-0.3, -0.25) is 9.59 Å². The van der Waals surface area contributed by atoms with Crippen molar-refractivity contribution >= 4 is 24.3 Å². The standard InChI is InChI=1S/C36H56N2O4.ClH/c1-24(10-9-21-42-25(2)39)29-17-18-30-28-16-15-27-13-8-14-33(36(27,4)31(28)19-20-35(29,30)3)38-34(40)32(37)23-41-22-26-11-6-5-7-12-26;/h5-7,11-12,24,27-33H,8-10,13-23,37H2,1-4H3,(H,38,40);1H/t24-,27+,28+,29-,30+,31+,32-,33?,35-,36+;/m1./s1. The second-order valence-corrected chi connectivity index (χ2v) is 14.8. The number of esters is 1. The molecule has 6 nitrogen and oxygen atoms in total. The number of rotatable bonds is 11. The second kappa shape index (κ2) is 14.6. The lowest BCUT2D eigenvalue weighted by atomic mass is 9.43. The highest BCUT2D eigenvalue weighted by molar-refractivity contribution is 5.85. The Hall–Kier alpha value is -1.63. The fourth-order valence-corrected chi connectivity index (χ4v) is 10.6. The molecule has 3 N–H and O–H groups in total. The number of hydrogen-bond donors (Lipinski definition) is 2. The normalized spacial score (nSPS) is 36.2. The average Bonchev–Trinajstić information content (AvgIpc) is 3.33. The summed E-state index contributed by atoms with van der Waals surface area (Å²) in [5.41, 5.74) is 8.00. The number of carbonyl (C=O) groups is 2. The second-order valence-electron chi connectivity index (χ2n) is 14.8. The first-order valence-corrected chi connectivity index (χ1v) is 17.0. The zero-order chi connectivity index (χ0) is 29.9. The molecule has 1 unspecified atom stereocenters. The van der Waals surface area contributed by atoms with Gasteiger partial charge >= 0.3 is 5.97 Å². The van der Waals surface area contributed by atoms with Gasteiger partial charge in [-0.05, 0) is 116 Å². The molecule has 7 heteroatoms. The molecule has 4 saturated carbocycles. The molecular weight excluding hydrogens is 560 g/mol. The Kier molecular flexibility index (Phi) is 11.7. The number of nitrogens with two attached hydrogens (primary N) is 1. The van der Waals surface area contributed by atoms with Crippen molar-refractivity contribution in [3.63, 3.8) is 0 Å². The Morgan fingerprint density at radius 3 is 2.53 bits per heavy atom. The molecule has 10 atom stereocenters. The van der Waals surface area contributed by atoms with Gasteiger partial charge in [0.15, 0.2) is 0 Å². The van der Waals surface area contributed by atoms with Crippen molar-refractivity contribution < 1.29 is 19.1 Å². The minimum Gasteiger partial charge on any atom is -0.466 e. The molecule has 0 heterocycles. The molecule has 4 aliphatic carbocycles. The van der Waals surface area contributed by atoms with Crippen LogP contribution in [0.25, 0.3) is 0 Å². The molecule has 242 valence electrons. The van der Waals surface area contributed by atoms with Crippen molar-refractivity contribution in [1.29, 1.82) is 0 Å². The number of nitrogens with one attached hydrogen (secondary N) is 1. The third-order valence-corrected chi connectivity index (χ3v) is 12.7. The molecule has 0 aliphatic heterocycles. The maximum absolute atomic E-state index is 13.4. The van der Waals surface area contributed by atoms with Gasteiger partial charge in [0.1, 0.15) is 6.04 Å². The maximum atomic E-state index is 13.4. The van der Waals surface area contributed by atoms with Crippen LogP contribution < -0.4 is 11.1 Å². The van der Waals surface area contributed by atoms with Gasteiger partial charge < -0.3 is 20.5 Å². The monoisotopic (exact) mass is 616 g/mol. The highest BCUT2D eigenvalue weighted by Crippen LogP contribution is 2.68. The van der Waals surface area contributed by atoms with E-state index in [-0.39, 0.29) is 42.3 Å². The van der Waals surface area contributed by atoms with Crippen LogP contribution in [0.1, 0.15) is 104 Å². The largest absolute Gasteiger partial charge is 0.466 e. The first-order valence-electron chi connectivity index (χ1n) is 17.0. The van der Waals surface area contributed by atoms with Gasteiger partial charge in [0.2, 0.25) is 5.91 Å². The van der Waals surface area contributed by atoms with E-state index >= 15 is 0 Å². The Labute approximate surface area is 266 Å². The molecule has 0 bridgehead atoms. The number of fused-ring (bicyclic) bond motifs is 5. The molecule has 0 spiro atoms. The van der Waals surface area contributed by atoms with Crippen LogP contribution >= 0.6 is 12.4 Å². The van der Waals surface area contributed by atoms with Gasteiger partial charge in [-0.2, -0.15) is 0 Å². The average molecular weight is 617 g/mol. The molecule has 43 heavy (non-hydrogen) atoms. The smallest absolute Gasteiger partial charge is 0.302 e. The van der Waals surface area contributed by atoms with Crippen LogP contribution in [0.4, 0.5) is 0 Å². The number of halogens is 1. The van der Waals surface area contributed by atoms with Crippen LogP contribution in [0.5, 0.6) is 0 Å². The highest BCUT2D eigenvalue weighted by Gasteiger charge is 2.62. The van der Waals surface area contributed by atoms with Gasteiger partial charge in [0.25, 0.3) is 0 Å². The first kappa shape index (κ1) is 34.2. The fraction of sp³-hybridized carbons (Fsp3) is 0.778. The van der Waals surface area contributed by atoms with E-state index in [9.17, 15) is 9.59 Å². The summed E-state index contributed by atoms with van der Waals surface area (Å²) in [6.45, 7) is 10.3. The number of carbonyl (C=O) groups excluding carboxylic acids is 2. The third-order valence-electron chi connectivity index (χ3n) is 12.7. The molecule has 0 aromatic heterocycles. The molecule has 0 saturated heterocycles. The van der Waals surface area contributed by atoms with E-state index in [0.717, 1.165) is 42.6 Å². The molecule has 1 amide bonds. The van der Waals surface area contributed by atoms with Crippen LogP contribution in [-0.2, 0) is 25.7 Å².